The van der Waals surface area contributed by atoms with E-state index in [1.165, 1.54) is 4.90 Å². The summed E-state index contributed by atoms with van der Waals surface area (Å²) in [5.41, 5.74) is -0.644. The molecule has 0 bridgehead atoms. The van der Waals surface area contributed by atoms with E-state index in [2.05, 4.69) is 4.72 Å². The van der Waals surface area contributed by atoms with Crippen LogP contribution in [0.3, 0.4) is 0 Å². The molecule has 142 valence electrons. The number of halogens is 3. The second-order valence-corrected chi connectivity index (χ2v) is 8.67. The average molecular weight is 426 g/mol. The van der Waals surface area contributed by atoms with Crippen molar-refractivity contribution in [1.82, 2.24) is 4.90 Å². The maximum atomic E-state index is 14.4. The molecule has 0 spiro atoms. The van der Waals surface area contributed by atoms with E-state index >= 15 is 0 Å². The monoisotopic (exact) mass is 425 g/mol. The van der Waals surface area contributed by atoms with Crippen molar-refractivity contribution in [2.75, 3.05) is 21.4 Å². The summed E-state index contributed by atoms with van der Waals surface area (Å²) in [5, 5.41) is 8.70. The highest BCUT2D eigenvalue weighted by Gasteiger charge is 2.49. The smallest absolute Gasteiger partial charge is 0.332 e. The molecule has 2 aliphatic rings. The van der Waals surface area contributed by atoms with E-state index in [0.29, 0.717) is 11.3 Å². The Bertz CT molecular complexity index is 882. The molecule has 2 aliphatic heterocycles. The number of fused-ring (bicyclic) bond motifs is 1. The predicted molar refractivity (Wildman–Crippen MR) is 93.3 cm³/mol. The van der Waals surface area contributed by atoms with Gasteiger partial charge in [0, 0.05) is 13.0 Å². The van der Waals surface area contributed by atoms with Gasteiger partial charge in [0.25, 0.3) is 5.91 Å². The Morgan fingerprint density at radius 1 is 1.35 bits per heavy atom. The second kappa shape index (κ2) is 6.84. The molecule has 2 atom stereocenters. The minimum absolute atomic E-state index is 0.0576. The Morgan fingerprint density at radius 3 is 2.69 bits per heavy atom. The highest BCUT2D eigenvalue weighted by molar-refractivity contribution is 7.93. The second-order valence-electron chi connectivity index (χ2n) is 5.95. The lowest BCUT2D eigenvalue weighted by Crippen LogP contribution is -2.43. The van der Waals surface area contributed by atoms with E-state index in [1.807, 2.05) is 0 Å². The van der Waals surface area contributed by atoms with Crippen LogP contribution in [0.15, 0.2) is 12.1 Å². The van der Waals surface area contributed by atoms with Crippen LogP contribution in [0.5, 0.6) is 0 Å². The van der Waals surface area contributed by atoms with Gasteiger partial charge in [0.05, 0.1) is 22.5 Å². The number of sulfonamides is 1. The van der Waals surface area contributed by atoms with E-state index in [0.717, 1.165) is 12.1 Å². The molecule has 2 N–H and O–H groups in total. The van der Waals surface area contributed by atoms with Gasteiger partial charge < -0.3 is 10.0 Å². The number of amides is 3. The molecule has 12 heteroatoms. The zero-order valence-corrected chi connectivity index (χ0v) is 15.5. The Labute approximate surface area is 158 Å². The quantitative estimate of drug-likeness (QED) is 0.563. The van der Waals surface area contributed by atoms with Crippen LogP contribution < -0.4 is 9.62 Å². The first-order chi connectivity index (χ1) is 12.1. The van der Waals surface area contributed by atoms with Crippen LogP contribution in [0.2, 0.25) is 5.02 Å². The number of hydrogen-bond acceptors (Lipinski definition) is 5. The fraction of sp³-hybridized carbons (Fsp3) is 0.429. The van der Waals surface area contributed by atoms with Gasteiger partial charge in [-0.25, -0.2) is 22.5 Å². The summed E-state index contributed by atoms with van der Waals surface area (Å²) >= 11 is 11.2. The van der Waals surface area contributed by atoms with Crippen LogP contribution >= 0.6 is 23.2 Å². The van der Waals surface area contributed by atoms with Gasteiger partial charge in [-0.05, 0) is 18.6 Å². The summed E-state index contributed by atoms with van der Waals surface area (Å²) in [6.07, 6.45) is -0.357. The number of nitrogens with zero attached hydrogens (tertiary/aromatic N) is 2. The van der Waals surface area contributed by atoms with Gasteiger partial charge in [0.2, 0.25) is 10.0 Å². The molecule has 3 amide bonds. The van der Waals surface area contributed by atoms with Crippen molar-refractivity contribution in [2.45, 2.75) is 25.0 Å². The molecular formula is C14H14Cl2FN3O5S. The van der Waals surface area contributed by atoms with E-state index in [1.54, 1.807) is 0 Å². The molecule has 8 nitrogen and oxygen atoms in total. The van der Waals surface area contributed by atoms with Crippen LogP contribution in [0.25, 0.3) is 0 Å². The third kappa shape index (κ3) is 3.34. The topological polar surface area (TPSA) is 107 Å². The van der Waals surface area contributed by atoms with Gasteiger partial charge in [-0.3, -0.25) is 9.52 Å². The van der Waals surface area contributed by atoms with Gasteiger partial charge in [0.1, 0.15) is 17.1 Å². The molecule has 0 aromatic heterocycles. The number of rotatable bonds is 4. The SMILES string of the molecule is O=C1C2CC(O)CCN2C(=O)N1c1cc(NS(=O)(=O)CCl)c(Cl)cc1F. The van der Waals surface area contributed by atoms with Gasteiger partial charge in [-0.2, -0.15) is 0 Å². The Kier molecular flexibility index (Phi) is 5.04. The van der Waals surface area contributed by atoms with Gasteiger partial charge in [0.15, 0.2) is 0 Å². The number of hydrogen-bond donors (Lipinski definition) is 2. The largest absolute Gasteiger partial charge is 0.393 e. The molecule has 3 rings (SSSR count). The number of aliphatic hydroxyl groups is 1. The molecule has 0 radical (unpaired) electrons. The zero-order valence-electron chi connectivity index (χ0n) is 13.2. The summed E-state index contributed by atoms with van der Waals surface area (Å²) in [4.78, 5) is 27.0. The van der Waals surface area contributed by atoms with Crippen LogP contribution in [0.1, 0.15) is 12.8 Å². The Hall–Kier alpha value is -1.62. The number of nitrogens with one attached hydrogen (secondary N) is 1. The highest BCUT2D eigenvalue weighted by Crippen LogP contribution is 2.36. The van der Waals surface area contributed by atoms with E-state index in [9.17, 15) is 27.5 Å². The number of urea groups is 1. The van der Waals surface area contributed by atoms with Crippen LogP contribution in [0.4, 0.5) is 20.6 Å². The molecule has 0 saturated carbocycles. The molecule has 2 fully saturated rings. The lowest BCUT2D eigenvalue weighted by molar-refractivity contribution is -0.121. The molecule has 1 aromatic carbocycles. The fourth-order valence-corrected chi connectivity index (χ4v) is 3.96. The molecule has 0 aliphatic carbocycles. The first kappa shape index (κ1) is 19.2. The third-order valence-corrected chi connectivity index (χ3v) is 6.20. The third-order valence-electron chi connectivity index (χ3n) is 4.20. The lowest BCUT2D eigenvalue weighted by atomic mass is 10.0. The van der Waals surface area contributed by atoms with Crippen molar-refractivity contribution in [3.8, 4) is 0 Å². The van der Waals surface area contributed by atoms with Crippen LogP contribution in [0, 0.1) is 5.82 Å². The van der Waals surface area contributed by atoms with Crippen molar-refractivity contribution >= 4 is 56.5 Å². The predicted octanol–water partition coefficient (Wildman–Crippen LogP) is 1.71. The molecule has 26 heavy (non-hydrogen) atoms. The number of carbonyl (C=O) groups is 2. The van der Waals surface area contributed by atoms with Gasteiger partial charge in [-0.15, -0.1) is 11.6 Å². The molecule has 2 heterocycles. The van der Waals surface area contributed by atoms with Crippen molar-refractivity contribution < 1.29 is 27.5 Å². The molecule has 2 unspecified atom stereocenters. The number of alkyl halides is 1. The van der Waals surface area contributed by atoms with Crippen molar-refractivity contribution in [2.24, 2.45) is 0 Å². The molecule has 1 aromatic rings. The Morgan fingerprint density at radius 2 is 2.04 bits per heavy atom. The van der Waals surface area contributed by atoms with Crippen molar-refractivity contribution in [3.05, 3.63) is 23.0 Å². The highest BCUT2D eigenvalue weighted by atomic mass is 35.5. The lowest BCUT2D eigenvalue weighted by Gasteiger charge is -2.29. The van der Waals surface area contributed by atoms with Crippen molar-refractivity contribution in [1.29, 1.82) is 0 Å². The minimum Gasteiger partial charge on any atom is -0.393 e. The average Bonchev–Trinajstić information content (AvgIpc) is 2.81. The number of imide groups is 1. The van der Waals surface area contributed by atoms with Gasteiger partial charge >= 0.3 is 6.03 Å². The summed E-state index contributed by atoms with van der Waals surface area (Å²) in [7, 11) is -3.93. The molecular weight excluding hydrogens is 412 g/mol. The van der Waals surface area contributed by atoms with E-state index in [-0.39, 0.29) is 23.7 Å². The minimum atomic E-state index is -3.93. The van der Waals surface area contributed by atoms with E-state index < -0.39 is 50.8 Å². The maximum Gasteiger partial charge on any atom is 0.332 e. The molecule has 2 saturated heterocycles. The van der Waals surface area contributed by atoms with Crippen molar-refractivity contribution in [3.63, 3.8) is 0 Å². The van der Waals surface area contributed by atoms with Crippen LogP contribution in [-0.4, -0.2) is 54.3 Å². The van der Waals surface area contributed by atoms with E-state index in [4.69, 9.17) is 23.2 Å². The number of anilines is 2. The maximum absolute atomic E-state index is 14.4. The summed E-state index contributed by atoms with van der Waals surface area (Å²) in [6.45, 7) is 0.161. The number of piperidine rings is 1. The summed E-state index contributed by atoms with van der Waals surface area (Å²) in [5.74, 6) is -1.66. The Balaban J connectivity index is 2.01. The first-order valence-corrected chi connectivity index (χ1v) is 10.1. The number of benzene rings is 1. The summed E-state index contributed by atoms with van der Waals surface area (Å²) < 4.78 is 39.7. The first-order valence-electron chi connectivity index (χ1n) is 7.52. The summed E-state index contributed by atoms with van der Waals surface area (Å²) in [6, 6.07) is 0.144. The van der Waals surface area contributed by atoms with Crippen LogP contribution in [-0.2, 0) is 14.8 Å². The van der Waals surface area contributed by atoms with Gasteiger partial charge in [-0.1, -0.05) is 11.6 Å². The number of aliphatic hydroxyl groups excluding tert-OH is 1. The fourth-order valence-electron chi connectivity index (χ4n) is 2.99. The standard InChI is InChI=1S/C14H14Cl2FN3O5S/c15-6-26(24,25)18-10-5-11(9(17)4-8(10)16)20-13(22)12-3-7(21)1-2-19(12)14(20)23/h4-5,7,12,18,21H,1-3,6H2. The zero-order chi connectivity index (χ0) is 19.2. The number of carbonyl (C=O) groups excluding carboxylic acids is 2. The normalized spacial score (nSPS) is 23.4.